The van der Waals surface area contributed by atoms with Crippen LogP contribution in [0.2, 0.25) is 0 Å². The Labute approximate surface area is 272 Å². The molecule has 0 aromatic heterocycles. The maximum atomic E-state index is 14.2. The average Bonchev–Trinajstić information content (AvgIpc) is 3.34. The molecule has 0 saturated carbocycles. The lowest BCUT2D eigenvalue weighted by Crippen LogP contribution is -2.39. The maximum Gasteiger partial charge on any atom is 0.238 e. The number of ether oxygens (including phenoxy) is 2. The van der Waals surface area contributed by atoms with Crippen molar-refractivity contribution >= 4 is 41.2 Å². The van der Waals surface area contributed by atoms with Crippen LogP contribution < -0.4 is 14.4 Å². The van der Waals surface area contributed by atoms with E-state index in [0.717, 1.165) is 16.7 Å². The zero-order valence-electron chi connectivity index (χ0n) is 26.2. The molecule has 7 rings (SSSR count). The monoisotopic (exact) mass is 627 g/mol. The van der Waals surface area contributed by atoms with Gasteiger partial charge in [-0.15, -0.1) is 0 Å². The van der Waals surface area contributed by atoms with E-state index in [4.69, 9.17) is 9.47 Å². The van der Waals surface area contributed by atoms with Crippen molar-refractivity contribution in [2.24, 2.45) is 17.8 Å². The number of ketones is 2. The minimum atomic E-state index is -0.675. The number of nitrogens with zero attached hydrogens (tertiary/aromatic N) is 1. The molecule has 3 aromatic carbocycles. The van der Waals surface area contributed by atoms with Gasteiger partial charge in [-0.2, -0.15) is 0 Å². The number of amides is 2. The third kappa shape index (κ3) is 5.01. The van der Waals surface area contributed by atoms with Crippen LogP contribution in [0.3, 0.4) is 0 Å². The van der Waals surface area contributed by atoms with Gasteiger partial charge >= 0.3 is 0 Å². The number of hydrogen-bond acceptors (Lipinski definition) is 7. The molecule has 8 heteroatoms. The van der Waals surface area contributed by atoms with Gasteiger partial charge in [0.2, 0.25) is 11.8 Å². The highest BCUT2D eigenvalue weighted by Gasteiger charge is 2.56. The summed E-state index contributed by atoms with van der Waals surface area (Å²) in [5.74, 6) is -1.86. The molecular weight excluding hydrogens is 594 g/mol. The fraction of sp³-hybridized carbons (Fsp3) is 0.231. The summed E-state index contributed by atoms with van der Waals surface area (Å²) in [6.07, 6.45) is 7.71. The molecule has 4 atom stereocenters. The fourth-order valence-corrected chi connectivity index (χ4v) is 7.59. The molecule has 0 spiro atoms. The Balaban J connectivity index is 1.20. The van der Waals surface area contributed by atoms with Gasteiger partial charge < -0.3 is 14.6 Å². The number of aromatic hydroxyl groups is 1. The van der Waals surface area contributed by atoms with E-state index < -0.39 is 23.7 Å². The summed E-state index contributed by atoms with van der Waals surface area (Å²) in [5.41, 5.74) is 4.87. The molecule has 3 aromatic rings. The van der Waals surface area contributed by atoms with Crippen LogP contribution in [0.15, 0.2) is 101 Å². The maximum absolute atomic E-state index is 14.2. The van der Waals surface area contributed by atoms with E-state index in [-0.39, 0.29) is 35.6 Å². The van der Waals surface area contributed by atoms with Crippen LogP contribution in [0.4, 0.5) is 5.69 Å². The summed E-state index contributed by atoms with van der Waals surface area (Å²) < 4.78 is 10.8. The number of phenols is 1. The van der Waals surface area contributed by atoms with Crippen molar-refractivity contribution in [3.8, 4) is 17.2 Å². The van der Waals surface area contributed by atoms with E-state index in [1.807, 2.05) is 54.6 Å². The van der Waals surface area contributed by atoms with E-state index in [0.29, 0.717) is 45.9 Å². The number of rotatable bonds is 6. The van der Waals surface area contributed by atoms with Crippen molar-refractivity contribution in [2.45, 2.75) is 25.7 Å². The third-order valence-corrected chi connectivity index (χ3v) is 9.81. The Morgan fingerprint density at radius 2 is 1.66 bits per heavy atom. The molecule has 1 fully saturated rings. The summed E-state index contributed by atoms with van der Waals surface area (Å²) in [6, 6.07) is 19.4. The predicted octanol–water partition coefficient (Wildman–Crippen LogP) is 6.21. The number of fused-ring (bicyclic) bond motifs is 3. The lowest BCUT2D eigenvalue weighted by molar-refractivity contribution is -0.123. The molecule has 8 nitrogen and oxygen atoms in total. The van der Waals surface area contributed by atoms with Gasteiger partial charge in [-0.3, -0.25) is 24.1 Å². The van der Waals surface area contributed by atoms with Crippen LogP contribution in [0.5, 0.6) is 17.2 Å². The summed E-state index contributed by atoms with van der Waals surface area (Å²) in [7, 11) is 3.21. The molecule has 4 aliphatic rings. The topological polar surface area (TPSA) is 110 Å². The Bertz CT molecular complexity index is 1980. The van der Waals surface area contributed by atoms with E-state index in [9.17, 15) is 24.3 Å². The lowest BCUT2D eigenvalue weighted by atomic mass is 9.59. The highest BCUT2D eigenvalue weighted by Crippen LogP contribution is 2.55. The molecule has 1 heterocycles. The zero-order chi connectivity index (χ0) is 33.0. The first-order valence-corrected chi connectivity index (χ1v) is 15.6. The second kappa shape index (κ2) is 11.7. The standard InChI is InChI=1S/C39H33NO7/c1-21-17-32(42)31-20-30-28(34(36(31)37(21)43)24-5-4-6-26(41)18-24)14-15-29-35(30)39(45)40(38(29)44)25-11-8-22(9-12-25)7-10-23-19-27(46-2)13-16-33(23)47-3/h4-14,16-19,29-30,34-35,41H,15,20H2,1-3H3. The molecule has 3 aliphatic carbocycles. The van der Waals surface area contributed by atoms with E-state index in [1.54, 1.807) is 51.5 Å². The molecule has 1 saturated heterocycles. The van der Waals surface area contributed by atoms with Crippen molar-refractivity contribution in [3.63, 3.8) is 0 Å². The number of allylic oxidation sites excluding steroid dienone is 6. The summed E-state index contributed by atoms with van der Waals surface area (Å²) in [6.45, 7) is 1.63. The Kier molecular flexibility index (Phi) is 7.51. The van der Waals surface area contributed by atoms with Gasteiger partial charge in [-0.1, -0.05) is 48.1 Å². The normalized spacial score (nSPS) is 23.8. The molecule has 1 N–H and O–H groups in total. The van der Waals surface area contributed by atoms with Crippen LogP contribution >= 0.6 is 0 Å². The Morgan fingerprint density at radius 3 is 2.38 bits per heavy atom. The number of hydrogen-bond donors (Lipinski definition) is 1. The largest absolute Gasteiger partial charge is 0.508 e. The van der Waals surface area contributed by atoms with Gasteiger partial charge in [0.05, 0.1) is 31.7 Å². The number of benzene rings is 3. The number of methoxy groups -OCH3 is 2. The molecular formula is C39H33NO7. The smallest absolute Gasteiger partial charge is 0.238 e. The van der Waals surface area contributed by atoms with Crippen LogP contribution in [0, 0.1) is 17.8 Å². The van der Waals surface area contributed by atoms with Crippen molar-refractivity contribution in [2.75, 3.05) is 19.1 Å². The summed E-state index contributed by atoms with van der Waals surface area (Å²) in [5, 5.41) is 10.3. The molecule has 0 radical (unpaired) electrons. The SMILES string of the molecule is COc1ccc(OC)c(C=Cc2ccc(N3C(=O)C4CC=C5C(c6cccc(O)c6)C6=C(CC5C4C3=O)C(=O)C=C(C)C6=O)cc2)c1. The molecule has 0 bridgehead atoms. The number of carbonyl (C=O) groups is 4. The number of imide groups is 1. The van der Waals surface area contributed by atoms with Gasteiger partial charge in [0.15, 0.2) is 11.6 Å². The van der Waals surface area contributed by atoms with Crippen molar-refractivity contribution in [1.29, 1.82) is 0 Å². The van der Waals surface area contributed by atoms with Crippen molar-refractivity contribution < 1.29 is 33.8 Å². The first-order chi connectivity index (χ1) is 22.7. The number of carbonyl (C=O) groups excluding carboxylic acids is 4. The van der Waals surface area contributed by atoms with Crippen molar-refractivity contribution in [3.05, 3.63) is 118 Å². The molecule has 1 aliphatic heterocycles. The Morgan fingerprint density at radius 1 is 0.872 bits per heavy atom. The summed E-state index contributed by atoms with van der Waals surface area (Å²) >= 11 is 0. The van der Waals surface area contributed by atoms with Gasteiger partial charge in [0.25, 0.3) is 0 Å². The number of anilines is 1. The number of Topliss-reactive ketones (excluding diaryl/α,β-unsaturated/α-hetero) is 1. The van der Waals surface area contributed by atoms with Gasteiger partial charge in [-0.05, 0) is 85.4 Å². The van der Waals surface area contributed by atoms with Gasteiger partial charge in [-0.25, -0.2) is 0 Å². The molecule has 2 amide bonds. The average molecular weight is 628 g/mol. The second-order valence-electron chi connectivity index (χ2n) is 12.4. The molecule has 4 unspecified atom stereocenters. The van der Waals surface area contributed by atoms with E-state index in [2.05, 4.69) is 0 Å². The first-order valence-electron chi connectivity index (χ1n) is 15.6. The summed E-state index contributed by atoms with van der Waals surface area (Å²) in [4.78, 5) is 56.2. The Hall–Kier alpha value is -5.50. The first kappa shape index (κ1) is 30.2. The molecule has 236 valence electrons. The lowest BCUT2D eigenvalue weighted by Gasteiger charge is -2.42. The van der Waals surface area contributed by atoms with E-state index >= 15 is 0 Å². The third-order valence-electron chi connectivity index (χ3n) is 9.81. The van der Waals surface area contributed by atoms with E-state index in [1.165, 1.54) is 11.0 Å². The minimum absolute atomic E-state index is 0.0436. The quantitative estimate of drug-likeness (QED) is 0.150. The highest BCUT2D eigenvalue weighted by atomic mass is 16.5. The zero-order valence-corrected chi connectivity index (χ0v) is 26.2. The van der Waals surface area contributed by atoms with Crippen LogP contribution in [-0.2, 0) is 19.2 Å². The van der Waals surface area contributed by atoms with Gasteiger partial charge in [0, 0.05) is 28.2 Å². The molecule has 47 heavy (non-hydrogen) atoms. The minimum Gasteiger partial charge on any atom is -0.508 e. The predicted molar refractivity (Wildman–Crippen MR) is 177 cm³/mol. The highest BCUT2D eigenvalue weighted by molar-refractivity contribution is 6.25. The van der Waals surface area contributed by atoms with Crippen LogP contribution in [0.1, 0.15) is 42.4 Å². The number of phenolic OH excluding ortho intramolecular Hbond substituents is 1. The van der Waals surface area contributed by atoms with Crippen molar-refractivity contribution in [1.82, 2.24) is 0 Å². The van der Waals surface area contributed by atoms with Crippen LogP contribution in [-0.4, -0.2) is 42.7 Å². The van der Waals surface area contributed by atoms with Crippen LogP contribution in [0.25, 0.3) is 12.2 Å². The second-order valence-corrected chi connectivity index (χ2v) is 12.4. The fourth-order valence-electron chi connectivity index (χ4n) is 7.59. The van der Waals surface area contributed by atoms with Gasteiger partial charge in [0.1, 0.15) is 17.2 Å².